The number of nitrogens with one attached hydrogen (secondary N) is 1. The van der Waals surface area contributed by atoms with Crippen LogP contribution < -0.4 is 24.3 Å². The van der Waals surface area contributed by atoms with Gasteiger partial charge in [-0.15, -0.1) is 0 Å². The molecule has 0 aliphatic carbocycles. The van der Waals surface area contributed by atoms with Gasteiger partial charge in [0.15, 0.2) is 23.0 Å². The van der Waals surface area contributed by atoms with E-state index in [9.17, 15) is 9.90 Å². The predicted molar refractivity (Wildman–Crippen MR) is 96.4 cm³/mol. The monoisotopic (exact) mass is 385 g/mol. The lowest BCUT2D eigenvalue weighted by molar-refractivity contribution is 0.0282. The number of aromatic hydroxyl groups is 1. The van der Waals surface area contributed by atoms with Crippen LogP contribution in [0, 0.1) is 0 Å². The lowest BCUT2D eigenvalue weighted by Gasteiger charge is -2.32. The van der Waals surface area contributed by atoms with E-state index >= 15 is 0 Å². The summed E-state index contributed by atoms with van der Waals surface area (Å²) in [4.78, 5) is 12.5. The highest BCUT2D eigenvalue weighted by atomic mass is 16.7. The lowest BCUT2D eigenvalue weighted by atomic mass is 9.86. The number of hydrogen-bond acceptors (Lipinski definition) is 8. The zero-order valence-electron chi connectivity index (χ0n) is 15.4. The van der Waals surface area contributed by atoms with Gasteiger partial charge in [0, 0.05) is 11.1 Å². The Hall–Kier alpha value is -3.13. The molecule has 2 aromatic rings. The van der Waals surface area contributed by atoms with Crippen LogP contribution in [0.15, 0.2) is 18.2 Å². The molecule has 8 heteroatoms. The molecule has 2 aromatic carbocycles. The first-order valence-electron chi connectivity index (χ1n) is 8.97. The van der Waals surface area contributed by atoms with E-state index in [0.717, 1.165) is 17.5 Å². The molecule has 0 bridgehead atoms. The van der Waals surface area contributed by atoms with Crippen molar-refractivity contribution in [3.8, 4) is 28.7 Å². The van der Waals surface area contributed by atoms with Crippen LogP contribution in [0.5, 0.6) is 28.7 Å². The molecule has 2 N–H and O–H groups in total. The molecule has 3 aliphatic heterocycles. The number of phenols is 1. The molecular formula is C20H19NO7. The normalized spacial score (nSPS) is 21.7. The zero-order valence-corrected chi connectivity index (χ0v) is 15.4. The number of methoxy groups -OCH3 is 2. The fourth-order valence-corrected chi connectivity index (χ4v) is 4.24. The fraction of sp³-hybridized carbons (Fsp3) is 0.350. The van der Waals surface area contributed by atoms with Gasteiger partial charge in [-0.25, -0.2) is 4.79 Å². The molecule has 3 heterocycles. The molecule has 0 aromatic heterocycles. The van der Waals surface area contributed by atoms with Crippen molar-refractivity contribution in [2.75, 3.05) is 27.6 Å². The van der Waals surface area contributed by atoms with E-state index < -0.39 is 12.1 Å². The predicted octanol–water partition coefficient (Wildman–Crippen LogP) is 2.24. The van der Waals surface area contributed by atoms with Gasteiger partial charge in [0.2, 0.25) is 12.5 Å². The summed E-state index contributed by atoms with van der Waals surface area (Å²) in [5.74, 6) is 1.23. The molecule has 2 atom stereocenters. The van der Waals surface area contributed by atoms with Gasteiger partial charge in [-0.3, -0.25) is 0 Å². The van der Waals surface area contributed by atoms with Crippen molar-refractivity contribution < 1.29 is 33.6 Å². The van der Waals surface area contributed by atoms with Crippen molar-refractivity contribution in [2.24, 2.45) is 0 Å². The second-order valence-corrected chi connectivity index (χ2v) is 6.80. The molecule has 0 spiro atoms. The van der Waals surface area contributed by atoms with Gasteiger partial charge in [-0.1, -0.05) is 6.07 Å². The van der Waals surface area contributed by atoms with Gasteiger partial charge in [0.1, 0.15) is 11.7 Å². The highest BCUT2D eigenvalue weighted by Gasteiger charge is 2.44. The Labute approximate surface area is 160 Å². The zero-order chi connectivity index (χ0) is 19.4. The second-order valence-electron chi connectivity index (χ2n) is 6.80. The van der Waals surface area contributed by atoms with E-state index in [1.165, 1.54) is 7.11 Å². The molecule has 0 radical (unpaired) electrons. The molecule has 146 valence electrons. The van der Waals surface area contributed by atoms with Crippen molar-refractivity contribution in [1.82, 2.24) is 5.32 Å². The van der Waals surface area contributed by atoms with E-state index in [2.05, 4.69) is 5.32 Å². The summed E-state index contributed by atoms with van der Waals surface area (Å²) >= 11 is 0. The molecule has 8 nitrogen and oxygen atoms in total. The minimum Gasteiger partial charge on any atom is -0.504 e. The van der Waals surface area contributed by atoms with Crippen LogP contribution in [-0.4, -0.2) is 38.6 Å². The van der Waals surface area contributed by atoms with Crippen molar-refractivity contribution in [2.45, 2.75) is 18.6 Å². The van der Waals surface area contributed by atoms with Crippen LogP contribution >= 0.6 is 0 Å². The third kappa shape index (κ3) is 2.24. The van der Waals surface area contributed by atoms with Crippen LogP contribution in [0.25, 0.3) is 0 Å². The van der Waals surface area contributed by atoms with Crippen LogP contribution in [0.2, 0.25) is 0 Å². The number of cyclic esters (lactones) is 1. The molecule has 0 saturated heterocycles. The molecule has 0 amide bonds. The third-order valence-corrected chi connectivity index (χ3v) is 5.46. The average Bonchev–Trinajstić information content (AvgIpc) is 3.30. The van der Waals surface area contributed by atoms with E-state index in [1.807, 2.05) is 6.07 Å². The molecule has 3 aliphatic rings. The van der Waals surface area contributed by atoms with Gasteiger partial charge in [0.25, 0.3) is 0 Å². The number of carbonyl (C=O) groups excluding carboxylic acids is 1. The minimum absolute atomic E-state index is 0.137. The number of ether oxygens (including phenoxy) is 5. The van der Waals surface area contributed by atoms with Gasteiger partial charge in [-0.2, -0.15) is 0 Å². The topological polar surface area (TPSA) is 95.5 Å². The number of phenolic OH excluding ortho intramolecular Hbond substituents is 1. The van der Waals surface area contributed by atoms with Gasteiger partial charge >= 0.3 is 5.97 Å². The summed E-state index contributed by atoms with van der Waals surface area (Å²) in [6.07, 6.45) is 0.160. The first kappa shape index (κ1) is 17.0. The van der Waals surface area contributed by atoms with Crippen LogP contribution in [-0.2, 0) is 11.2 Å². The Kier molecular flexibility index (Phi) is 3.77. The Balaban J connectivity index is 1.65. The first-order chi connectivity index (χ1) is 13.6. The van der Waals surface area contributed by atoms with Crippen molar-refractivity contribution in [1.29, 1.82) is 0 Å². The molecule has 5 rings (SSSR count). The molecule has 0 saturated carbocycles. The number of fused-ring (bicyclic) bond motifs is 3. The first-order valence-corrected chi connectivity index (χ1v) is 8.97. The number of benzene rings is 2. The number of esters is 1. The maximum atomic E-state index is 12.5. The van der Waals surface area contributed by atoms with Gasteiger partial charge in [0.05, 0.1) is 20.3 Å². The molecule has 2 unspecified atom stereocenters. The third-order valence-electron chi connectivity index (χ3n) is 5.46. The minimum atomic E-state index is -0.618. The quantitative estimate of drug-likeness (QED) is 0.777. The Morgan fingerprint density at radius 2 is 2.07 bits per heavy atom. The highest BCUT2D eigenvalue weighted by molar-refractivity contribution is 5.98. The Morgan fingerprint density at radius 3 is 2.86 bits per heavy atom. The lowest BCUT2D eigenvalue weighted by Crippen LogP contribution is -2.34. The number of carbonyl (C=O) groups is 1. The van der Waals surface area contributed by atoms with Crippen molar-refractivity contribution in [3.05, 3.63) is 40.5 Å². The van der Waals surface area contributed by atoms with E-state index in [4.69, 9.17) is 23.7 Å². The largest absolute Gasteiger partial charge is 0.504 e. The van der Waals surface area contributed by atoms with Gasteiger partial charge < -0.3 is 34.1 Å². The average molecular weight is 385 g/mol. The van der Waals surface area contributed by atoms with Crippen molar-refractivity contribution in [3.63, 3.8) is 0 Å². The smallest absolute Gasteiger partial charge is 0.343 e. The second kappa shape index (κ2) is 6.20. The van der Waals surface area contributed by atoms with E-state index in [0.29, 0.717) is 29.4 Å². The SMILES string of the molecule is COc1ccc2c(c1O)C(=O)OC2C1NCCc2cc3c(c(OC)c21)OCO3. The van der Waals surface area contributed by atoms with Crippen LogP contribution in [0.4, 0.5) is 0 Å². The highest BCUT2D eigenvalue weighted by Crippen LogP contribution is 2.53. The summed E-state index contributed by atoms with van der Waals surface area (Å²) in [6, 6.07) is 4.98. The summed E-state index contributed by atoms with van der Waals surface area (Å²) < 4.78 is 27.6. The standard InChI is InChI=1S/C20H19NO7/c1-24-11-4-3-10-14(16(11)22)20(23)28-17(10)15-13-9(5-6-21-15)7-12-18(19(13)25-2)27-8-26-12/h3-4,7,15,17,21-22H,5-6,8H2,1-2H3. The summed E-state index contributed by atoms with van der Waals surface area (Å²) in [6.45, 7) is 0.841. The fourth-order valence-electron chi connectivity index (χ4n) is 4.24. The summed E-state index contributed by atoms with van der Waals surface area (Å²) in [5, 5.41) is 13.8. The summed E-state index contributed by atoms with van der Waals surface area (Å²) in [7, 11) is 3.01. The Morgan fingerprint density at radius 1 is 1.21 bits per heavy atom. The van der Waals surface area contributed by atoms with Crippen LogP contribution in [0.1, 0.15) is 39.2 Å². The Bertz CT molecular complexity index is 987. The van der Waals surface area contributed by atoms with Crippen LogP contribution in [0.3, 0.4) is 0 Å². The maximum Gasteiger partial charge on any atom is 0.343 e. The van der Waals surface area contributed by atoms with E-state index in [1.54, 1.807) is 19.2 Å². The molecular weight excluding hydrogens is 366 g/mol. The molecule has 28 heavy (non-hydrogen) atoms. The molecule has 0 fully saturated rings. The van der Waals surface area contributed by atoms with E-state index in [-0.39, 0.29) is 29.9 Å². The van der Waals surface area contributed by atoms with Gasteiger partial charge in [-0.05, 0) is 30.7 Å². The van der Waals surface area contributed by atoms with Crippen molar-refractivity contribution >= 4 is 5.97 Å². The number of hydrogen-bond donors (Lipinski definition) is 2. The number of rotatable bonds is 3. The maximum absolute atomic E-state index is 12.5. The summed E-state index contributed by atoms with van der Waals surface area (Å²) in [5.41, 5.74) is 2.66.